The zero-order valence-electron chi connectivity index (χ0n) is 17.3. The van der Waals surface area contributed by atoms with Crippen molar-refractivity contribution in [2.24, 2.45) is 7.05 Å². The van der Waals surface area contributed by atoms with Crippen LogP contribution in [0, 0.1) is 0 Å². The van der Waals surface area contributed by atoms with Gasteiger partial charge in [0.2, 0.25) is 0 Å². The highest BCUT2D eigenvalue weighted by Gasteiger charge is 2.26. The van der Waals surface area contributed by atoms with Gasteiger partial charge in [-0.25, -0.2) is 9.97 Å². The molecule has 4 rings (SSSR count). The lowest BCUT2D eigenvalue weighted by atomic mass is 9.97. The van der Waals surface area contributed by atoms with Crippen molar-refractivity contribution in [1.82, 2.24) is 34.5 Å². The molecular weight excluding hydrogens is 350 g/mol. The van der Waals surface area contributed by atoms with Gasteiger partial charge in [0, 0.05) is 38.7 Å². The van der Waals surface area contributed by atoms with Gasteiger partial charge in [0.1, 0.15) is 17.5 Å². The Morgan fingerprint density at radius 3 is 2.64 bits per heavy atom. The third-order valence-corrected chi connectivity index (χ3v) is 6.15. The molecule has 0 bridgehead atoms. The number of rotatable bonds is 6. The van der Waals surface area contributed by atoms with E-state index in [1.54, 1.807) is 0 Å². The summed E-state index contributed by atoms with van der Waals surface area (Å²) in [5, 5.41) is 9.16. The molecule has 152 valence electrons. The largest absolute Gasteiger partial charge is 0.317 e. The molecule has 2 aromatic heterocycles. The molecule has 2 aromatic rings. The second-order valence-corrected chi connectivity index (χ2v) is 8.26. The Morgan fingerprint density at radius 1 is 1.00 bits per heavy atom. The molecule has 0 N–H and O–H groups in total. The van der Waals surface area contributed by atoms with E-state index in [-0.39, 0.29) is 0 Å². The number of aryl methyl sites for hydroxylation is 1. The standard InChI is InChI=1S/C21H33N7/c1-3-19-22-10-9-18(23-19)15-28-13-7-8-17(14-28)21-25-24-20(26(21)2)16-27-11-5-4-6-12-27/h9-10,17H,3-8,11-16H2,1-2H3/t17-/m0/s1. The normalized spacial score (nSPS) is 21.9. The van der Waals surface area contributed by atoms with Crippen LogP contribution in [0.3, 0.4) is 0 Å². The van der Waals surface area contributed by atoms with E-state index in [1.165, 1.54) is 45.2 Å². The van der Waals surface area contributed by atoms with E-state index in [9.17, 15) is 0 Å². The van der Waals surface area contributed by atoms with Gasteiger partial charge in [-0.05, 0) is 51.4 Å². The smallest absolute Gasteiger partial charge is 0.146 e. The van der Waals surface area contributed by atoms with E-state index in [0.717, 1.165) is 55.8 Å². The summed E-state index contributed by atoms with van der Waals surface area (Å²) in [4.78, 5) is 14.0. The Hall–Kier alpha value is -1.86. The molecule has 0 unspecified atom stereocenters. The molecule has 7 nitrogen and oxygen atoms in total. The van der Waals surface area contributed by atoms with Crippen molar-refractivity contribution < 1.29 is 0 Å². The first-order chi connectivity index (χ1) is 13.7. The van der Waals surface area contributed by atoms with Crippen molar-refractivity contribution in [2.75, 3.05) is 26.2 Å². The fourth-order valence-electron chi connectivity index (χ4n) is 4.52. The van der Waals surface area contributed by atoms with E-state index in [2.05, 4.69) is 48.5 Å². The highest BCUT2D eigenvalue weighted by molar-refractivity contribution is 5.06. The Bertz CT molecular complexity index is 766. The molecule has 0 amide bonds. The molecule has 0 spiro atoms. The van der Waals surface area contributed by atoms with Crippen LogP contribution < -0.4 is 0 Å². The van der Waals surface area contributed by atoms with Crippen LogP contribution in [-0.2, 0) is 26.6 Å². The van der Waals surface area contributed by atoms with Crippen molar-refractivity contribution in [2.45, 2.75) is 64.5 Å². The number of hydrogen-bond donors (Lipinski definition) is 0. The summed E-state index contributed by atoms with van der Waals surface area (Å²) in [5.74, 6) is 3.64. The predicted octanol–water partition coefficient (Wildman–Crippen LogP) is 2.53. The fraction of sp³-hybridized carbons (Fsp3) is 0.714. The van der Waals surface area contributed by atoms with E-state index in [4.69, 9.17) is 0 Å². The third-order valence-electron chi connectivity index (χ3n) is 6.15. The highest BCUT2D eigenvalue weighted by atomic mass is 15.3. The summed E-state index contributed by atoms with van der Waals surface area (Å²) in [6.07, 6.45) is 9.15. The minimum atomic E-state index is 0.453. The van der Waals surface area contributed by atoms with Gasteiger partial charge in [-0.15, -0.1) is 10.2 Å². The molecule has 2 fully saturated rings. The van der Waals surface area contributed by atoms with Crippen LogP contribution in [0.1, 0.15) is 68.1 Å². The summed E-state index contributed by atoms with van der Waals surface area (Å²) in [6.45, 7) is 8.47. The van der Waals surface area contributed by atoms with E-state index >= 15 is 0 Å². The van der Waals surface area contributed by atoms with Crippen LogP contribution in [0.4, 0.5) is 0 Å². The van der Waals surface area contributed by atoms with Gasteiger partial charge in [-0.1, -0.05) is 13.3 Å². The average Bonchev–Trinajstić information content (AvgIpc) is 3.09. The summed E-state index contributed by atoms with van der Waals surface area (Å²) < 4.78 is 2.25. The van der Waals surface area contributed by atoms with Gasteiger partial charge in [0.15, 0.2) is 0 Å². The topological polar surface area (TPSA) is 63.0 Å². The van der Waals surface area contributed by atoms with Crippen molar-refractivity contribution in [3.63, 3.8) is 0 Å². The van der Waals surface area contributed by atoms with Crippen molar-refractivity contribution in [1.29, 1.82) is 0 Å². The fourth-order valence-corrected chi connectivity index (χ4v) is 4.52. The second-order valence-electron chi connectivity index (χ2n) is 8.26. The molecule has 0 aliphatic carbocycles. The first-order valence-electron chi connectivity index (χ1n) is 10.9. The minimum absolute atomic E-state index is 0.453. The van der Waals surface area contributed by atoms with E-state index in [0.29, 0.717) is 5.92 Å². The Kier molecular flexibility index (Phi) is 6.32. The van der Waals surface area contributed by atoms with Gasteiger partial charge < -0.3 is 4.57 Å². The van der Waals surface area contributed by atoms with Crippen LogP contribution in [-0.4, -0.2) is 60.7 Å². The highest BCUT2D eigenvalue weighted by Crippen LogP contribution is 2.27. The maximum Gasteiger partial charge on any atom is 0.146 e. The molecule has 2 aliphatic heterocycles. The maximum atomic E-state index is 4.68. The lowest BCUT2D eigenvalue weighted by Gasteiger charge is -2.32. The number of piperidine rings is 2. The zero-order chi connectivity index (χ0) is 19.3. The first kappa shape index (κ1) is 19.5. The SMILES string of the molecule is CCc1nccc(CN2CCC[C@H](c3nnc(CN4CCCCC4)n3C)C2)n1. The molecule has 1 atom stereocenters. The van der Waals surface area contributed by atoms with Crippen molar-refractivity contribution >= 4 is 0 Å². The van der Waals surface area contributed by atoms with Crippen LogP contribution in [0.25, 0.3) is 0 Å². The Balaban J connectivity index is 1.40. The molecule has 28 heavy (non-hydrogen) atoms. The molecule has 2 aliphatic rings. The van der Waals surface area contributed by atoms with E-state index < -0.39 is 0 Å². The summed E-state index contributed by atoms with van der Waals surface area (Å²) in [5.41, 5.74) is 1.12. The van der Waals surface area contributed by atoms with Crippen molar-refractivity contribution in [3.05, 3.63) is 35.4 Å². The molecule has 7 heteroatoms. The summed E-state index contributed by atoms with van der Waals surface area (Å²) in [6, 6.07) is 2.04. The second kappa shape index (κ2) is 9.09. The maximum absolute atomic E-state index is 4.68. The molecule has 0 aromatic carbocycles. The molecule has 4 heterocycles. The summed E-state index contributed by atoms with van der Waals surface area (Å²) >= 11 is 0. The molecule has 0 saturated carbocycles. The monoisotopic (exact) mass is 383 g/mol. The summed E-state index contributed by atoms with van der Waals surface area (Å²) in [7, 11) is 2.14. The van der Waals surface area contributed by atoms with Gasteiger partial charge >= 0.3 is 0 Å². The minimum Gasteiger partial charge on any atom is -0.317 e. The van der Waals surface area contributed by atoms with Gasteiger partial charge in [-0.3, -0.25) is 9.80 Å². The van der Waals surface area contributed by atoms with Crippen LogP contribution in [0.15, 0.2) is 12.3 Å². The van der Waals surface area contributed by atoms with Crippen LogP contribution >= 0.6 is 0 Å². The number of likely N-dealkylation sites (tertiary alicyclic amines) is 2. The Labute approximate surface area is 168 Å². The molecular formula is C21H33N7. The predicted molar refractivity (Wildman–Crippen MR) is 109 cm³/mol. The Morgan fingerprint density at radius 2 is 1.82 bits per heavy atom. The number of nitrogens with zero attached hydrogens (tertiary/aromatic N) is 7. The van der Waals surface area contributed by atoms with Crippen molar-refractivity contribution in [3.8, 4) is 0 Å². The van der Waals surface area contributed by atoms with Gasteiger partial charge in [0.05, 0.1) is 12.2 Å². The number of aromatic nitrogens is 5. The first-order valence-corrected chi connectivity index (χ1v) is 10.9. The van der Waals surface area contributed by atoms with Gasteiger partial charge in [-0.2, -0.15) is 0 Å². The van der Waals surface area contributed by atoms with E-state index in [1.807, 2.05) is 12.3 Å². The van der Waals surface area contributed by atoms with Crippen LogP contribution in [0.5, 0.6) is 0 Å². The molecule has 2 saturated heterocycles. The molecule has 0 radical (unpaired) electrons. The van der Waals surface area contributed by atoms with Crippen LogP contribution in [0.2, 0.25) is 0 Å². The third kappa shape index (κ3) is 4.58. The number of hydrogen-bond acceptors (Lipinski definition) is 6. The lowest BCUT2D eigenvalue weighted by molar-refractivity contribution is 0.192. The quantitative estimate of drug-likeness (QED) is 0.764. The average molecular weight is 384 g/mol. The lowest BCUT2D eigenvalue weighted by Crippen LogP contribution is -2.35. The van der Waals surface area contributed by atoms with Gasteiger partial charge in [0.25, 0.3) is 0 Å². The zero-order valence-corrected chi connectivity index (χ0v) is 17.3.